The molecule has 0 aliphatic carbocycles. The number of anilines is 2. The van der Waals surface area contributed by atoms with Gasteiger partial charge in [0.05, 0.1) is 6.61 Å². The highest BCUT2D eigenvalue weighted by atomic mass is 16.5. The monoisotopic (exact) mass is 280 g/mol. The molecule has 20 heavy (non-hydrogen) atoms. The van der Waals surface area contributed by atoms with Gasteiger partial charge in [-0.15, -0.1) is 0 Å². The van der Waals surface area contributed by atoms with Gasteiger partial charge in [-0.1, -0.05) is 27.7 Å². The largest absolute Gasteiger partial charge is 0.383 e. The maximum atomic E-state index is 5.23. The predicted octanol–water partition coefficient (Wildman–Crippen LogP) is 2.75. The number of hydrogen-bond donors (Lipinski definition) is 1. The van der Waals surface area contributed by atoms with E-state index in [0.29, 0.717) is 18.4 Å². The fraction of sp³-hybridized carbons (Fsp3) is 0.733. The molecule has 114 valence electrons. The van der Waals surface area contributed by atoms with Crippen LogP contribution in [0.5, 0.6) is 0 Å². The molecule has 0 amide bonds. The van der Waals surface area contributed by atoms with Gasteiger partial charge in [-0.25, -0.2) is 9.97 Å². The fourth-order valence-corrected chi connectivity index (χ4v) is 2.30. The lowest BCUT2D eigenvalue weighted by molar-refractivity contribution is 0.204. The molecule has 5 nitrogen and oxygen atoms in total. The molecular weight excluding hydrogens is 252 g/mol. The van der Waals surface area contributed by atoms with Crippen LogP contribution in [0.4, 0.5) is 11.6 Å². The molecule has 0 spiro atoms. The number of methoxy groups -OCH3 is 1. The zero-order valence-electron chi connectivity index (χ0n) is 13.6. The Labute approximate surface area is 122 Å². The maximum absolute atomic E-state index is 5.23. The number of rotatable bonds is 8. The second kappa shape index (κ2) is 8.04. The number of hydrogen-bond acceptors (Lipinski definition) is 5. The molecule has 0 aliphatic heterocycles. The summed E-state index contributed by atoms with van der Waals surface area (Å²) < 4.78 is 5.23. The molecule has 5 heteroatoms. The van der Waals surface area contributed by atoms with Crippen molar-refractivity contribution in [1.82, 2.24) is 9.97 Å². The minimum Gasteiger partial charge on any atom is -0.383 e. The third-order valence-electron chi connectivity index (χ3n) is 3.13. The van der Waals surface area contributed by atoms with Gasteiger partial charge < -0.3 is 15.0 Å². The molecule has 0 unspecified atom stereocenters. The normalized spacial score (nSPS) is 11.2. The third kappa shape index (κ3) is 4.34. The molecule has 0 bridgehead atoms. The first kappa shape index (κ1) is 16.7. The maximum Gasteiger partial charge on any atom is 0.137 e. The Morgan fingerprint density at radius 3 is 2.45 bits per heavy atom. The standard InChI is InChI=1S/C15H28N4O/c1-11(2)9-19(7-8-20-6)15-13(12(3)4)14(16-5)17-10-18-15/h10-12H,7-9H2,1-6H3,(H,16,17,18). The Kier molecular flexibility index (Phi) is 6.71. The summed E-state index contributed by atoms with van der Waals surface area (Å²) in [5.74, 6) is 2.87. The summed E-state index contributed by atoms with van der Waals surface area (Å²) in [6.07, 6.45) is 1.63. The smallest absolute Gasteiger partial charge is 0.137 e. The topological polar surface area (TPSA) is 50.3 Å². The lowest BCUT2D eigenvalue weighted by Crippen LogP contribution is -2.33. The SMILES string of the molecule is CNc1ncnc(N(CCOC)CC(C)C)c1C(C)C. The summed E-state index contributed by atoms with van der Waals surface area (Å²) in [6, 6.07) is 0. The van der Waals surface area contributed by atoms with Crippen LogP contribution >= 0.6 is 0 Å². The summed E-state index contributed by atoms with van der Waals surface area (Å²) in [7, 11) is 3.63. The van der Waals surface area contributed by atoms with Crippen molar-refractivity contribution in [2.45, 2.75) is 33.6 Å². The lowest BCUT2D eigenvalue weighted by Gasteiger charge is -2.29. The Morgan fingerprint density at radius 2 is 1.95 bits per heavy atom. The van der Waals surface area contributed by atoms with Crippen LogP contribution in [-0.2, 0) is 4.74 Å². The van der Waals surface area contributed by atoms with Gasteiger partial charge in [-0.3, -0.25) is 0 Å². The minimum atomic E-state index is 0.367. The molecule has 1 rings (SSSR count). The van der Waals surface area contributed by atoms with Crippen molar-refractivity contribution in [1.29, 1.82) is 0 Å². The molecule has 1 aromatic rings. The molecule has 1 heterocycles. The van der Waals surface area contributed by atoms with Crippen molar-refractivity contribution in [3.63, 3.8) is 0 Å². The van der Waals surface area contributed by atoms with Gasteiger partial charge in [-0.2, -0.15) is 0 Å². The van der Waals surface area contributed by atoms with Crippen molar-refractivity contribution < 1.29 is 4.74 Å². The van der Waals surface area contributed by atoms with Crippen LogP contribution in [0.15, 0.2) is 6.33 Å². The van der Waals surface area contributed by atoms with E-state index in [1.54, 1.807) is 13.4 Å². The van der Waals surface area contributed by atoms with Crippen LogP contribution in [0.3, 0.4) is 0 Å². The second-order valence-electron chi connectivity index (χ2n) is 5.70. The molecular formula is C15H28N4O. The molecule has 0 radical (unpaired) electrons. The third-order valence-corrected chi connectivity index (χ3v) is 3.13. The van der Waals surface area contributed by atoms with E-state index in [2.05, 4.69) is 47.9 Å². The highest BCUT2D eigenvalue weighted by Crippen LogP contribution is 2.30. The lowest BCUT2D eigenvalue weighted by atomic mass is 10.0. The molecule has 0 aliphatic rings. The van der Waals surface area contributed by atoms with Gasteiger partial charge in [0.15, 0.2) is 0 Å². The van der Waals surface area contributed by atoms with E-state index in [1.165, 1.54) is 5.56 Å². The Bertz CT molecular complexity index is 407. The van der Waals surface area contributed by atoms with Crippen molar-refractivity contribution in [3.05, 3.63) is 11.9 Å². The van der Waals surface area contributed by atoms with Gasteiger partial charge in [0.1, 0.15) is 18.0 Å². The van der Waals surface area contributed by atoms with Crippen LogP contribution < -0.4 is 10.2 Å². The van der Waals surface area contributed by atoms with Gasteiger partial charge in [0, 0.05) is 32.8 Å². The molecule has 0 atom stereocenters. The molecule has 1 aromatic heterocycles. The van der Waals surface area contributed by atoms with Crippen LogP contribution in [0, 0.1) is 5.92 Å². The first-order valence-electron chi connectivity index (χ1n) is 7.27. The average molecular weight is 280 g/mol. The van der Waals surface area contributed by atoms with Crippen molar-refractivity contribution >= 4 is 11.6 Å². The van der Waals surface area contributed by atoms with Crippen molar-refractivity contribution in [2.75, 3.05) is 44.1 Å². The predicted molar refractivity (Wildman–Crippen MR) is 84.6 cm³/mol. The van der Waals surface area contributed by atoms with E-state index < -0.39 is 0 Å². The second-order valence-corrected chi connectivity index (χ2v) is 5.70. The number of nitrogens with zero attached hydrogens (tertiary/aromatic N) is 3. The molecule has 0 saturated carbocycles. The quantitative estimate of drug-likeness (QED) is 0.793. The van der Waals surface area contributed by atoms with Gasteiger partial charge in [0.2, 0.25) is 0 Å². The zero-order chi connectivity index (χ0) is 15.1. The minimum absolute atomic E-state index is 0.367. The molecule has 1 N–H and O–H groups in total. The Hall–Kier alpha value is -1.36. The van der Waals surface area contributed by atoms with Crippen LogP contribution in [0.1, 0.15) is 39.2 Å². The fourth-order valence-electron chi connectivity index (χ4n) is 2.30. The summed E-state index contributed by atoms with van der Waals surface area (Å²) >= 11 is 0. The van der Waals surface area contributed by atoms with Gasteiger partial charge in [0.25, 0.3) is 0 Å². The number of aromatic nitrogens is 2. The van der Waals surface area contributed by atoms with Crippen LogP contribution in [-0.4, -0.2) is 43.8 Å². The summed E-state index contributed by atoms with van der Waals surface area (Å²) in [4.78, 5) is 11.2. The van der Waals surface area contributed by atoms with Gasteiger partial charge in [-0.05, 0) is 11.8 Å². The number of nitrogens with one attached hydrogen (secondary N) is 1. The van der Waals surface area contributed by atoms with Crippen LogP contribution in [0.25, 0.3) is 0 Å². The van der Waals surface area contributed by atoms with E-state index in [9.17, 15) is 0 Å². The Morgan fingerprint density at radius 1 is 1.25 bits per heavy atom. The Balaban J connectivity index is 3.16. The number of ether oxygens (including phenoxy) is 1. The van der Waals surface area contributed by atoms with E-state index in [1.807, 2.05) is 7.05 Å². The van der Waals surface area contributed by atoms with E-state index in [4.69, 9.17) is 4.74 Å². The average Bonchev–Trinajstić information content (AvgIpc) is 2.41. The van der Waals surface area contributed by atoms with Gasteiger partial charge >= 0.3 is 0 Å². The molecule has 0 aromatic carbocycles. The van der Waals surface area contributed by atoms with Crippen molar-refractivity contribution in [3.8, 4) is 0 Å². The van der Waals surface area contributed by atoms with Crippen LogP contribution in [0.2, 0.25) is 0 Å². The summed E-state index contributed by atoms with van der Waals surface area (Å²) in [5.41, 5.74) is 1.17. The molecule has 0 fully saturated rings. The summed E-state index contributed by atoms with van der Waals surface area (Å²) in [6.45, 7) is 11.3. The first-order valence-corrected chi connectivity index (χ1v) is 7.27. The van der Waals surface area contributed by atoms with E-state index in [-0.39, 0.29) is 0 Å². The molecule has 0 saturated heterocycles. The zero-order valence-corrected chi connectivity index (χ0v) is 13.6. The van der Waals surface area contributed by atoms with Crippen molar-refractivity contribution in [2.24, 2.45) is 5.92 Å². The highest BCUT2D eigenvalue weighted by molar-refractivity contribution is 5.60. The first-order chi connectivity index (χ1) is 9.51. The highest BCUT2D eigenvalue weighted by Gasteiger charge is 2.19. The van der Waals surface area contributed by atoms with E-state index in [0.717, 1.165) is 24.7 Å². The van der Waals surface area contributed by atoms with E-state index >= 15 is 0 Å². The summed E-state index contributed by atoms with van der Waals surface area (Å²) in [5, 5.41) is 3.17.